The summed E-state index contributed by atoms with van der Waals surface area (Å²) in [5, 5.41) is 29.4. The number of hydrogen-bond donors (Lipinski definition) is 3. The van der Waals surface area contributed by atoms with E-state index in [1.165, 1.54) is 17.0 Å². The number of carbonyl (C=O) groups is 2. The Bertz CT molecular complexity index is 1360. The van der Waals surface area contributed by atoms with Gasteiger partial charge in [-0.2, -0.15) is 0 Å². The summed E-state index contributed by atoms with van der Waals surface area (Å²) >= 11 is 3.44. The van der Waals surface area contributed by atoms with Crippen molar-refractivity contribution in [2.75, 3.05) is 25.2 Å². The molecule has 204 valence electrons. The van der Waals surface area contributed by atoms with Gasteiger partial charge in [0.25, 0.3) is 0 Å². The first-order valence-electron chi connectivity index (χ1n) is 13.0. The molecular formula is C29H31BBrNO7. The van der Waals surface area contributed by atoms with Crippen molar-refractivity contribution < 1.29 is 34.2 Å². The van der Waals surface area contributed by atoms with E-state index >= 15 is 0 Å². The molecule has 39 heavy (non-hydrogen) atoms. The number of hydrogen-bond acceptors (Lipinski definition) is 7. The molecule has 3 aliphatic rings. The Morgan fingerprint density at radius 2 is 1.97 bits per heavy atom. The maximum atomic E-state index is 13.7. The molecule has 4 atom stereocenters. The number of fused-ring (bicyclic) bond motifs is 3. The van der Waals surface area contributed by atoms with Crippen LogP contribution in [0.25, 0.3) is 6.08 Å². The standard InChI is InChI=1S/C29H31BBrNO7/c1-16(10-17-11-20(31)7-8-24(17)33)6-9-25-26-18(14-38-2)12-22-27(23(26)15-39-25)29(35)32(28(22)34)21-5-3-4-19(13-21)30(36)37/h3-5,7-8,10-11,13,22-23,25,27,33,36-37H,6,9,12,14-15H2,1-2H3/b16-10+/t22-,23+,25-,27-/m1/s1. The number of anilines is 1. The Hall–Kier alpha value is -2.76. The van der Waals surface area contributed by atoms with Crippen LogP contribution in [0.15, 0.2) is 63.7 Å². The van der Waals surface area contributed by atoms with Gasteiger partial charge < -0.3 is 24.6 Å². The number of amides is 2. The minimum Gasteiger partial charge on any atom is -0.507 e. The molecule has 0 bridgehead atoms. The average Bonchev–Trinajstić information content (AvgIpc) is 3.44. The van der Waals surface area contributed by atoms with Crippen LogP contribution in [0.5, 0.6) is 5.75 Å². The van der Waals surface area contributed by atoms with Gasteiger partial charge in [-0.05, 0) is 73.1 Å². The fraction of sp³-hybridized carbons (Fsp3) is 0.379. The fourth-order valence-electron chi connectivity index (χ4n) is 6.20. The first kappa shape index (κ1) is 27.8. The predicted octanol–water partition coefficient (Wildman–Crippen LogP) is 3.19. The number of rotatable bonds is 8. The highest BCUT2D eigenvalue weighted by molar-refractivity contribution is 9.10. The summed E-state index contributed by atoms with van der Waals surface area (Å²) in [6, 6.07) is 11.5. The molecule has 3 N–H and O–H groups in total. The molecule has 0 unspecified atom stereocenters. The summed E-state index contributed by atoms with van der Waals surface area (Å²) in [5.74, 6) is -1.60. The van der Waals surface area contributed by atoms with Gasteiger partial charge in [-0.3, -0.25) is 14.5 Å². The Balaban J connectivity index is 1.38. The second-order valence-electron chi connectivity index (χ2n) is 10.5. The number of nitrogens with zero attached hydrogens (tertiary/aromatic N) is 1. The van der Waals surface area contributed by atoms with Gasteiger partial charge in [0.1, 0.15) is 5.75 Å². The van der Waals surface area contributed by atoms with Crippen molar-refractivity contribution in [3.63, 3.8) is 0 Å². The number of methoxy groups -OCH3 is 1. The van der Waals surface area contributed by atoms with Gasteiger partial charge in [0.2, 0.25) is 11.8 Å². The number of imide groups is 1. The van der Waals surface area contributed by atoms with E-state index in [0.29, 0.717) is 31.7 Å². The number of allylic oxidation sites excluding steroid dienone is 1. The molecule has 0 aromatic heterocycles. The third-order valence-corrected chi connectivity index (χ3v) is 8.44. The monoisotopic (exact) mass is 595 g/mol. The second-order valence-corrected chi connectivity index (χ2v) is 11.4. The van der Waals surface area contributed by atoms with Crippen LogP contribution < -0.4 is 10.4 Å². The molecule has 2 amide bonds. The average molecular weight is 596 g/mol. The van der Waals surface area contributed by atoms with Crippen LogP contribution in [0.2, 0.25) is 0 Å². The molecule has 2 saturated heterocycles. The number of halogens is 1. The van der Waals surface area contributed by atoms with Crippen LogP contribution >= 0.6 is 15.9 Å². The van der Waals surface area contributed by atoms with E-state index in [0.717, 1.165) is 33.2 Å². The van der Waals surface area contributed by atoms with E-state index in [2.05, 4.69) is 15.9 Å². The summed E-state index contributed by atoms with van der Waals surface area (Å²) in [4.78, 5) is 28.4. The van der Waals surface area contributed by atoms with Gasteiger partial charge in [-0.15, -0.1) is 0 Å². The Morgan fingerprint density at radius 1 is 1.18 bits per heavy atom. The quantitative estimate of drug-likeness (QED) is 0.244. The molecule has 5 rings (SSSR count). The number of phenols is 1. The fourth-order valence-corrected chi connectivity index (χ4v) is 6.57. The molecule has 10 heteroatoms. The van der Waals surface area contributed by atoms with Gasteiger partial charge in [-0.1, -0.05) is 39.7 Å². The van der Waals surface area contributed by atoms with E-state index in [1.54, 1.807) is 31.4 Å². The lowest BCUT2D eigenvalue weighted by molar-refractivity contribution is -0.122. The molecule has 2 heterocycles. The van der Waals surface area contributed by atoms with Gasteiger partial charge in [0, 0.05) is 23.1 Å². The van der Waals surface area contributed by atoms with Gasteiger partial charge in [0.15, 0.2) is 0 Å². The van der Waals surface area contributed by atoms with Crippen molar-refractivity contribution in [1.82, 2.24) is 0 Å². The lowest BCUT2D eigenvalue weighted by Crippen LogP contribution is -2.36. The van der Waals surface area contributed by atoms with Gasteiger partial charge in [0.05, 0.1) is 36.8 Å². The van der Waals surface area contributed by atoms with Crippen molar-refractivity contribution in [2.24, 2.45) is 17.8 Å². The van der Waals surface area contributed by atoms with Crippen molar-refractivity contribution >= 4 is 52.1 Å². The summed E-state index contributed by atoms with van der Waals surface area (Å²) in [6.45, 7) is 2.73. The molecule has 2 fully saturated rings. The summed E-state index contributed by atoms with van der Waals surface area (Å²) in [7, 11) is -0.0771. The zero-order valence-electron chi connectivity index (χ0n) is 21.8. The van der Waals surface area contributed by atoms with E-state index in [-0.39, 0.29) is 35.0 Å². The van der Waals surface area contributed by atoms with Crippen molar-refractivity contribution in [1.29, 1.82) is 0 Å². The Labute approximate surface area is 236 Å². The maximum Gasteiger partial charge on any atom is 0.488 e. The molecule has 8 nitrogen and oxygen atoms in total. The summed E-state index contributed by atoms with van der Waals surface area (Å²) in [5.41, 5.74) is 4.46. The number of phenolic OH excluding ortho intramolecular Hbond substituents is 1. The van der Waals surface area contributed by atoms with Crippen molar-refractivity contribution in [2.45, 2.75) is 32.3 Å². The summed E-state index contributed by atoms with van der Waals surface area (Å²) < 4.78 is 12.7. The molecule has 0 saturated carbocycles. The van der Waals surface area contributed by atoms with E-state index in [4.69, 9.17) is 9.47 Å². The Kier molecular flexibility index (Phi) is 8.12. The third-order valence-electron chi connectivity index (χ3n) is 7.95. The predicted molar refractivity (Wildman–Crippen MR) is 151 cm³/mol. The van der Waals surface area contributed by atoms with Crippen LogP contribution in [0, 0.1) is 17.8 Å². The first-order valence-corrected chi connectivity index (χ1v) is 13.8. The maximum absolute atomic E-state index is 13.7. The van der Waals surface area contributed by atoms with Crippen molar-refractivity contribution in [3.05, 3.63) is 69.2 Å². The smallest absolute Gasteiger partial charge is 0.488 e. The van der Waals surface area contributed by atoms with Crippen LogP contribution in [0.3, 0.4) is 0 Å². The molecule has 1 aliphatic carbocycles. The second kappa shape index (κ2) is 11.4. The topological polar surface area (TPSA) is 117 Å². The SMILES string of the molecule is COCC1=C2[C@@H](CC/C(C)=C/c3cc(Br)ccc3O)OC[C@@H]2[C@@H]2C(=O)N(c3cccc(B(O)O)c3)C(=O)[C@@H]2C1. The highest BCUT2D eigenvalue weighted by Crippen LogP contribution is 2.50. The largest absolute Gasteiger partial charge is 0.507 e. The third kappa shape index (κ3) is 5.36. The number of carbonyl (C=O) groups excluding carboxylic acids is 2. The number of aromatic hydroxyl groups is 1. The lowest BCUT2D eigenvalue weighted by atomic mass is 9.69. The molecule has 0 radical (unpaired) electrons. The summed E-state index contributed by atoms with van der Waals surface area (Å²) in [6.07, 6.45) is 3.63. The minimum absolute atomic E-state index is 0.189. The van der Waals surface area contributed by atoms with Gasteiger partial charge >= 0.3 is 7.12 Å². The highest BCUT2D eigenvalue weighted by atomic mass is 79.9. The normalized spacial score (nSPS) is 24.8. The van der Waals surface area contributed by atoms with E-state index in [1.807, 2.05) is 19.1 Å². The van der Waals surface area contributed by atoms with Crippen LogP contribution in [-0.2, 0) is 19.1 Å². The zero-order valence-corrected chi connectivity index (χ0v) is 23.4. The zero-order chi connectivity index (χ0) is 27.8. The van der Waals surface area contributed by atoms with Crippen molar-refractivity contribution in [3.8, 4) is 5.75 Å². The molecule has 2 aromatic carbocycles. The van der Waals surface area contributed by atoms with Crippen LogP contribution in [0.1, 0.15) is 31.7 Å². The number of benzene rings is 2. The lowest BCUT2D eigenvalue weighted by Gasteiger charge is -2.31. The van der Waals surface area contributed by atoms with Crippen LogP contribution in [0.4, 0.5) is 5.69 Å². The molecular weight excluding hydrogens is 565 g/mol. The first-order chi connectivity index (χ1) is 18.7. The van der Waals surface area contributed by atoms with Gasteiger partial charge in [-0.25, -0.2) is 0 Å². The van der Waals surface area contributed by atoms with E-state index in [9.17, 15) is 24.7 Å². The Morgan fingerprint density at radius 3 is 2.72 bits per heavy atom. The minimum atomic E-state index is -1.70. The molecule has 2 aliphatic heterocycles. The van der Waals surface area contributed by atoms with Crippen LogP contribution in [-0.4, -0.2) is 60.5 Å². The molecule has 2 aromatic rings. The van der Waals surface area contributed by atoms with E-state index < -0.39 is 19.0 Å². The highest BCUT2D eigenvalue weighted by Gasteiger charge is 2.57. The molecule has 0 spiro atoms. The number of ether oxygens (including phenoxy) is 2.